The van der Waals surface area contributed by atoms with Crippen LogP contribution in [-0.4, -0.2) is 36.2 Å². The number of nitrogens with two attached hydrogens (primary N) is 1. The van der Waals surface area contributed by atoms with Gasteiger partial charge >= 0.3 is 5.97 Å². The van der Waals surface area contributed by atoms with Gasteiger partial charge in [-0.15, -0.1) is 0 Å². The summed E-state index contributed by atoms with van der Waals surface area (Å²) in [5.41, 5.74) is 9.16. The lowest BCUT2D eigenvalue weighted by atomic mass is 9.94. The van der Waals surface area contributed by atoms with E-state index in [1.165, 1.54) is 11.8 Å². The minimum atomic E-state index is -0.506. The second-order valence-electron chi connectivity index (χ2n) is 7.03. The van der Waals surface area contributed by atoms with Crippen LogP contribution in [0.15, 0.2) is 51.3 Å². The molecule has 0 aliphatic carbocycles. The quantitative estimate of drug-likeness (QED) is 0.780. The Morgan fingerprint density at radius 3 is 2.54 bits per heavy atom. The van der Waals surface area contributed by atoms with Gasteiger partial charge in [0.15, 0.2) is 5.17 Å². The Kier molecular flexibility index (Phi) is 5.38. The monoisotopic (exact) mass is 397 g/mol. The van der Waals surface area contributed by atoms with E-state index in [1.54, 1.807) is 25.7 Å². The molecule has 0 saturated carbocycles. The zero-order valence-corrected chi connectivity index (χ0v) is 17.4. The van der Waals surface area contributed by atoms with E-state index in [0.29, 0.717) is 27.2 Å². The van der Waals surface area contributed by atoms with Crippen LogP contribution in [0.25, 0.3) is 0 Å². The Hall–Kier alpha value is -2.92. The standard InChI is InChI=1S/C20H23N5O2S/c1-11(2)27-19(26)16-12(3)23-20-25(18(22)15(10-21)28-20)17(16)13-6-8-14(9-7-13)24(4)5/h6-9,11,17H,22H2,1-5H3/t17-/m0/s1. The van der Waals surface area contributed by atoms with Gasteiger partial charge in [0.2, 0.25) is 0 Å². The molecule has 7 nitrogen and oxygen atoms in total. The summed E-state index contributed by atoms with van der Waals surface area (Å²) in [6, 6.07) is 9.49. The highest BCUT2D eigenvalue weighted by Crippen LogP contribution is 2.45. The highest BCUT2D eigenvalue weighted by Gasteiger charge is 2.42. The van der Waals surface area contributed by atoms with Crippen LogP contribution in [0.5, 0.6) is 0 Å². The van der Waals surface area contributed by atoms with Crippen LogP contribution < -0.4 is 10.6 Å². The van der Waals surface area contributed by atoms with Crippen LogP contribution in [0.1, 0.15) is 32.4 Å². The average Bonchev–Trinajstić information content (AvgIpc) is 2.95. The molecule has 2 heterocycles. The van der Waals surface area contributed by atoms with Crippen molar-refractivity contribution in [1.29, 1.82) is 5.26 Å². The minimum Gasteiger partial charge on any atom is -0.459 e. The van der Waals surface area contributed by atoms with Gasteiger partial charge < -0.3 is 15.4 Å². The number of carbonyl (C=O) groups is 1. The number of amidine groups is 1. The van der Waals surface area contributed by atoms with E-state index in [-0.39, 0.29) is 6.10 Å². The highest BCUT2D eigenvalue weighted by molar-refractivity contribution is 8.17. The number of hydrogen-bond acceptors (Lipinski definition) is 8. The Balaban J connectivity index is 2.14. The largest absolute Gasteiger partial charge is 0.459 e. The molecular formula is C20H23N5O2S. The number of fused-ring (bicyclic) bond motifs is 1. The molecule has 0 bridgehead atoms. The summed E-state index contributed by atoms with van der Waals surface area (Å²) >= 11 is 1.22. The topological polar surface area (TPSA) is 95.0 Å². The number of aliphatic imine (C=N–C) groups is 1. The van der Waals surface area contributed by atoms with Crippen molar-refractivity contribution in [2.45, 2.75) is 32.9 Å². The van der Waals surface area contributed by atoms with Crippen molar-refractivity contribution in [2.75, 3.05) is 19.0 Å². The van der Waals surface area contributed by atoms with Crippen molar-refractivity contribution >= 4 is 28.6 Å². The molecule has 0 aromatic heterocycles. The van der Waals surface area contributed by atoms with Crippen molar-refractivity contribution in [2.24, 2.45) is 10.7 Å². The third-order valence-corrected chi connectivity index (χ3v) is 5.44. The fourth-order valence-corrected chi connectivity index (χ4v) is 4.07. The third-order valence-electron chi connectivity index (χ3n) is 4.47. The number of anilines is 1. The van der Waals surface area contributed by atoms with Crippen LogP contribution in [0.2, 0.25) is 0 Å². The van der Waals surface area contributed by atoms with Crippen LogP contribution >= 0.6 is 11.8 Å². The molecule has 28 heavy (non-hydrogen) atoms. The van der Waals surface area contributed by atoms with Crippen LogP contribution in [0.4, 0.5) is 5.69 Å². The number of ether oxygens (including phenoxy) is 1. The van der Waals surface area contributed by atoms with Gasteiger partial charge in [0, 0.05) is 19.8 Å². The first-order valence-corrected chi connectivity index (χ1v) is 9.71. The van der Waals surface area contributed by atoms with Gasteiger partial charge in [-0.1, -0.05) is 12.1 Å². The molecule has 0 spiro atoms. The molecule has 8 heteroatoms. The lowest BCUT2D eigenvalue weighted by molar-refractivity contribution is -0.143. The van der Waals surface area contributed by atoms with E-state index < -0.39 is 12.0 Å². The number of nitriles is 1. The molecule has 2 aliphatic rings. The van der Waals surface area contributed by atoms with Crippen molar-refractivity contribution in [3.8, 4) is 6.07 Å². The summed E-state index contributed by atoms with van der Waals surface area (Å²) in [4.78, 5) is 21.6. The Morgan fingerprint density at radius 1 is 1.36 bits per heavy atom. The summed E-state index contributed by atoms with van der Waals surface area (Å²) < 4.78 is 5.48. The number of benzene rings is 1. The van der Waals surface area contributed by atoms with E-state index in [2.05, 4.69) is 11.1 Å². The predicted octanol–water partition coefficient (Wildman–Crippen LogP) is 3.09. The minimum absolute atomic E-state index is 0.259. The zero-order valence-electron chi connectivity index (χ0n) is 16.6. The number of nitrogens with zero attached hydrogens (tertiary/aromatic N) is 4. The second kappa shape index (κ2) is 7.60. The summed E-state index contributed by atoms with van der Waals surface area (Å²) in [5, 5.41) is 9.99. The van der Waals surface area contributed by atoms with Gasteiger partial charge in [-0.05, 0) is 50.2 Å². The summed E-state index contributed by atoms with van der Waals surface area (Å²) in [5.74, 6) is -0.129. The molecule has 0 fully saturated rings. The lowest BCUT2D eigenvalue weighted by Crippen LogP contribution is -2.39. The van der Waals surface area contributed by atoms with Crippen molar-refractivity contribution < 1.29 is 9.53 Å². The molecule has 2 aliphatic heterocycles. The molecule has 1 aromatic rings. The number of allylic oxidation sites excluding steroid dienone is 2. The second-order valence-corrected chi connectivity index (χ2v) is 8.01. The molecule has 1 atom stereocenters. The molecule has 146 valence electrons. The predicted molar refractivity (Wildman–Crippen MR) is 111 cm³/mol. The number of hydrogen-bond donors (Lipinski definition) is 1. The van der Waals surface area contributed by atoms with E-state index in [0.717, 1.165) is 11.3 Å². The fourth-order valence-electron chi connectivity index (χ4n) is 3.15. The first kappa shape index (κ1) is 19.8. The summed E-state index contributed by atoms with van der Waals surface area (Å²) in [6.07, 6.45) is -0.259. The molecule has 3 rings (SSSR count). The Morgan fingerprint density at radius 2 is 2.00 bits per heavy atom. The smallest absolute Gasteiger partial charge is 0.338 e. The van der Waals surface area contributed by atoms with E-state index in [4.69, 9.17) is 10.5 Å². The molecule has 0 amide bonds. The van der Waals surface area contributed by atoms with Gasteiger partial charge in [-0.2, -0.15) is 5.26 Å². The number of thioether (sulfide) groups is 1. The average molecular weight is 398 g/mol. The van der Waals surface area contributed by atoms with Crippen molar-refractivity contribution in [3.63, 3.8) is 0 Å². The maximum Gasteiger partial charge on any atom is 0.338 e. The van der Waals surface area contributed by atoms with Crippen molar-refractivity contribution in [1.82, 2.24) is 4.90 Å². The molecule has 0 saturated heterocycles. The molecule has 2 N–H and O–H groups in total. The van der Waals surface area contributed by atoms with Gasteiger partial charge in [0.05, 0.1) is 23.4 Å². The highest BCUT2D eigenvalue weighted by atomic mass is 32.2. The normalized spacial score (nSPS) is 18.8. The van der Waals surface area contributed by atoms with Gasteiger partial charge in [0.1, 0.15) is 16.8 Å². The fraction of sp³-hybridized carbons (Fsp3) is 0.350. The maximum absolute atomic E-state index is 12.9. The van der Waals surface area contributed by atoms with E-state index >= 15 is 0 Å². The van der Waals surface area contributed by atoms with Crippen LogP contribution in [-0.2, 0) is 9.53 Å². The Bertz CT molecular complexity index is 938. The number of carbonyl (C=O) groups excluding carboxylic acids is 1. The number of rotatable bonds is 4. The van der Waals surface area contributed by atoms with Gasteiger partial charge in [-0.3, -0.25) is 4.90 Å². The van der Waals surface area contributed by atoms with Crippen LogP contribution in [0.3, 0.4) is 0 Å². The molecule has 0 radical (unpaired) electrons. The summed E-state index contributed by atoms with van der Waals surface area (Å²) in [6.45, 7) is 5.39. The molecular weight excluding hydrogens is 374 g/mol. The van der Waals surface area contributed by atoms with E-state index in [1.807, 2.05) is 43.3 Å². The van der Waals surface area contributed by atoms with Gasteiger partial charge in [0.25, 0.3) is 0 Å². The number of esters is 1. The van der Waals surface area contributed by atoms with E-state index in [9.17, 15) is 10.1 Å². The third kappa shape index (κ3) is 3.45. The summed E-state index contributed by atoms with van der Waals surface area (Å²) in [7, 11) is 3.93. The molecule has 0 unspecified atom stereocenters. The SMILES string of the molecule is CC1=C(C(=O)OC(C)C)[C@H](c2ccc(N(C)C)cc2)N2C(=N1)SC(C#N)=C2N. The van der Waals surface area contributed by atoms with Crippen molar-refractivity contribution in [3.05, 3.63) is 51.8 Å². The Labute approximate surface area is 169 Å². The maximum atomic E-state index is 12.9. The van der Waals surface area contributed by atoms with Gasteiger partial charge in [-0.25, -0.2) is 9.79 Å². The molecule has 1 aromatic carbocycles. The lowest BCUT2D eigenvalue weighted by Gasteiger charge is -2.35. The van der Waals surface area contributed by atoms with Crippen LogP contribution in [0, 0.1) is 11.3 Å². The zero-order chi connectivity index (χ0) is 20.6. The first-order chi connectivity index (χ1) is 13.2. The first-order valence-electron chi connectivity index (χ1n) is 8.89.